The molecular weight excluding hydrogens is 170 g/mol. The normalized spacial score (nSPS) is 12.8. The lowest BCUT2D eigenvalue weighted by Crippen LogP contribution is -2.15. The van der Waals surface area contributed by atoms with Crippen molar-refractivity contribution in [3.8, 4) is 0 Å². The van der Waals surface area contributed by atoms with Crippen LogP contribution in [-0.2, 0) is 11.0 Å². The van der Waals surface area contributed by atoms with Crippen molar-refractivity contribution in [1.29, 1.82) is 0 Å². The van der Waals surface area contributed by atoms with E-state index in [4.69, 9.17) is 0 Å². The molecule has 0 aliphatic heterocycles. The van der Waals surface area contributed by atoms with Crippen LogP contribution >= 0.6 is 0 Å². The van der Waals surface area contributed by atoms with Gasteiger partial charge in [-0.05, 0) is 19.1 Å². The first kappa shape index (κ1) is 9.42. The molecule has 0 aliphatic carbocycles. The van der Waals surface area contributed by atoms with Crippen molar-refractivity contribution in [3.05, 3.63) is 29.8 Å². The first-order valence-corrected chi connectivity index (χ1v) is 5.11. The summed E-state index contributed by atoms with van der Waals surface area (Å²) in [4.78, 5) is 0.836. The summed E-state index contributed by atoms with van der Waals surface area (Å²) < 4.78 is 14.2. The van der Waals surface area contributed by atoms with E-state index in [9.17, 15) is 4.21 Å². The Balaban J connectivity index is 2.75. The first-order valence-electron chi connectivity index (χ1n) is 3.96. The van der Waals surface area contributed by atoms with Crippen molar-refractivity contribution in [2.75, 3.05) is 6.54 Å². The molecule has 1 atom stereocenters. The molecule has 1 aromatic carbocycles. The third-order valence-electron chi connectivity index (χ3n) is 1.51. The van der Waals surface area contributed by atoms with Gasteiger partial charge in [0.15, 0.2) is 0 Å². The van der Waals surface area contributed by atoms with Gasteiger partial charge in [-0.15, -0.1) is 0 Å². The molecule has 0 saturated heterocycles. The summed E-state index contributed by atoms with van der Waals surface area (Å²) in [6.07, 6.45) is 0. The monoisotopic (exact) mass is 183 g/mol. The van der Waals surface area contributed by atoms with E-state index in [0.29, 0.717) is 0 Å². The van der Waals surface area contributed by atoms with Crippen molar-refractivity contribution < 1.29 is 4.21 Å². The third-order valence-corrected chi connectivity index (χ3v) is 2.76. The largest absolute Gasteiger partial charge is 0.238 e. The fraction of sp³-hybridized carbons (Fsp3) is 0.333. The molecule has 3 heteroatoms. The lowest BCUT2D eigenvalue weighted by atomic mass is 10.2. The Morgan fingerprint density at radius 3 is 2.42 bits per heavy atom. The number of rotatable bonds is 3. The van der Waals surface area contributed by atoms with Gasteiger partial charge in [0.25, 0.3) is 0 Å². The van der Waals surface area contributed by atoms with Gasteiger partial charge in [0.05, 0.1) is 4.90 Å². The van der Waals surface area contributed by atoms with Crippen LogP contribution in [0.15, 0.2) is 29.2 Å². The average molecular weight is 183 g/mol. The molecule has 1 N–H and O–H groups in total. The topological polar surface area (TPSA) is 29.1 Å². The number of benzene rings is 1. The number of hydrogen-bond acceptors (Lipinski definition) is 1. The third kappa shape index (κ3) is 2.43. The molecule has 0 spiro atoms. The van der Waals surface area contributed by atoms with Crippen molar-refractivity contribution in [2.24, 2.45) is 0 Å². The van der Waals surface area contributed by atoms with Crippen LogP contribution in [0.4, 0.5) is 0 Å². The zero-order valence-corrected chi connectivity index (χ0v) is 8.15. The van der Waals surface area contributed by atoms with Crippen LogP contribution in [0.5, 0.6) is 0 Å². The summed E-state index contributed by atoms with van der Waals surface area (Å²) in [7, 11) is -1.04. The zero-order valence-electron chi connectivity index (χ0n) is 7.33. The van der Waals surface area contributed by atoms with E-state index in [2.05, 4.69) is 4.72 Å². The van der Waals surface area contributed by atoms with Crippen LogP contribution in [0.25, 0.3) is 0 Å². The van der Waals surface area contributed by atoms with Gasteiger partial charge in [-0.2, -0.15) is 0 Å². The molecule has 0 saturated carbocycles. The molecule has 0 fully saturated rings. The SMILES string of the molecule is CCN[S@](=O)c1ccc(C)cc1. The van der Waals surface area contributed by atoms with Crippen LogP contribution in [-0.4, -0.2) is 10.8 Å². The molecule has 0 unspecified atom stereocenters. The molecule has 0 amide bonds. The van der Waals surface area contributed by atoms with Gasteiger partial charge >= 0.3 is 0 Å². The second kappa shape index (κ2) is 4.38. The minimum Gasteiger partial charge on any atom is -0.238 e. The Labute approximate surface area is 75.6 Å². The van der Waals surface area contributed by atoms with Crippen molar-refractivity contribution in [2.45, 2.75) is 18.7 Å². The second-order valence-corrected chi connectivity index (χ2v) is 3.88. The van der Waals surface area contributed by atoms with Crippen LogP contribution in [0, 0.1) is 6.92 Å². The van der Waals surface area contributed by atoms with Crippen molar-refractivity contribution >= 4 is 11.0 Å². The van der Waals surface area contributed by atoms with Gasteiger partial charge in [-0.25, -0.2) is 8.93 Å². The molecular formula is C9H13NOS. The predicted molar refractivity (Wildman–Crippen MR) is 51.3 cm³/mol. The summed E-state index contributed by atoms with van der Waals surface area (Å²) in [6, 6.07) is 7.69. The maximum atomic E-state index is 11.4. The lowest BCUT2D eigenvalue weighted by Gasteiger charge is -2.01. The highest BCUT2D eigenvalue weighted by Crippen LogP contribution is 2.05. The number of aryl methyl sites for hydroxylation is 1. The summed E-state index contributed by atoms with van der Waals surface area (Å²) in [6.45, 7) is 4.67. The average Bonchev–Trinajstić information content (AvgIpc) is 2.06. The highest BCUT2D eigenvalue weighted by Gasteiger charge is 1.99. The Bertz CT molecular complexity index is 268. The minimum absolute atomic E-state index is 0.723. The Kier molecular flexibility index (Phi) is 3.44. The molecule has 0 aromatic heterocycles. The summed E-state index contributed by atoms with van der Waals surface area (Å²) in [5.74, 6) is 0. The lowest BCUT2D eigenvalue weighted by molar-refractivity contribution is 0.674. The minimum atomic E-state index is -1.04. The Morgan fingerprint density at radius 2 is 1.92 bits per heavy atom. The molecule has 0 heterocycles. The van der Waals surface area contributed by atoms with Crippen LogP contribution in [0.1, 0.15) is 12.5 Å². The van der Waals surface area contributed by atoms with Crippen LogP contribution in [0.3, 0.4) is 0 Å². The van der Waals surface area contributed by atoms with E-state index in [1.54, 1.807) is 0 Å². The highest BCUT2D eigenvalue weighted by molar-refractivity contribution is 7.83. The number of hydrogen-bond donors (Lipinski definition) is 1. The van der Waals surface area contributed by atoms with E-state index in [1.165, 1.54) is 5.56 Å². The van der Waals surface area contributed by atoms with Crippen LogP contribution < -0.4 is 4.72 Å². The zero-order chi connectivity index (χ0) is 8.97. The van der Waals surface area contributed by atoms with Gasteiger partial charge in [-0.1, -0.05) is 24.6 Å². The molecule has 1 rings (SSSR count). The fourth-order valence-electron chi connectivity index (χ4n) is 0.876. The summed E-state index contributed by atoms with van der Waals surface area (Å²) in [5, 5.41) is 0. The summed E-state index contributed by atoms with van der Waals surface area (Å²) in [5.41, 5.74) is 1.19. The van der Waals surface area contributed by atoms with Crippen LogP contribution in [0.2, 0.25) is 0 Å². The molecule has 2 nitrogen and oxygen atoms in total. The molecule has 66 valence electrons. The van der Waals surface area contributed by atoms with E-state index in [1.807, 2.05) is 38.1 Å². The smallest absolute Gasteiger partial charge is 0.124 e. The quantitative estimate of drug-likeness (QED) is 0.758. The van der Waals surface area contributed by atoms with Crippen molar-refractivity contribution in [1.82, 2.24) is 4.72 Å². The molecule has 0 bridgehead atoms. The van der Waals surface area contributed by atoms with Gasteiger partial charge < -0.3 is 0 Å². The molecule has 0 radical (unpaired) electrons. The maximum Gasteiger partial charge on any atom is 0.124 e. The molecule has 1 aromatic rings. The standard InChI is InChI=1S/C9H13NOS/c1-3-10-12(11)9-6-4-8(2)5-7-9/h4-7,10H,3H2,1-2H3/t12-/m1/s1. The van der Waals surface area contributed by atoms with Gasteiger partial charge in [-0.3, -0.25) is 0 Å². The maximum absolute atomic E-state index is 11.4. The van der Waals surface area contributed by atoms with Gasteiger partial charge in [0.1, 0.15) is 11.0 Å². The number of nitrogens with one attached hydrogen (secondary N) is 1. The van der Waals surface area contributed by atoms with E-state index >= 15 is 0 Å². The molecule has 0 aliphatic rings. The Morgan fingerprint density at radius 1 is 1.33 bits per heavy atom. The first-order chi connectivity index (χ1) is 5.74. The molecule has 12 heavy (non-hydrogen) atoms. The summed E-state index contributed by atoms with van der Waals surface area (Å²) >= 11 is 0. The van der Waals surface area contributed by atoms with Crippen molar-refractivity contribution in [3.63, 3.8) is 0 Å². The fourth-order valence-corrected chi connectivity index (χ4v) is 1.69. The highest BCUT2D eigenvalue weighted by atomic mass is 32.2. The van der Waals surface area contributed by atoms with E-state index in [-0.39, 0.29) is 0 Å². The van der Waals surface area contributed by atoms with Gasteiger partial charge in [0, 0.05) is 6.54 Å². The Hall–Kier alpha value is -0.670. The van der Waals surface area contributed by atoms with Gasteiger partial charge in [0.2, 0.25) is 0 Å². The van der Waals surface area contributed by atoms with E-state index in [0.717, 1.165) is 11.4 Å². The second-order valence-electron chi connectivity index (χ2n) is 2.58. The van der Waals surface area contributed by atoms with E-state index < -0.39 is 11.0 Å². The predicted octanol–water partition coefficient (Wildman–Crippen LogP) is 1.63.